The summed E-state index contributed by atoms with van der Waals surface area (Å²) in [6, 6.07) is 14.7. The molecular formula is C20H24F3N3O3S. The van der Waals surface area contributed by atoms with Crippen LogP contribution in [-0.4, -0.2) is 40.1 Å². The van der Waals surface area contributed by atoms with E-state index in [1.807, 2.05) is 6.07 Å². The van der Waals surface area contributed by atoms with Crippen molar-refractivity contribution in [2.24, 2.45) is 4.99 Å². The zero-order valence-electron chi connectivity index (χ0n) is 16.4. The Labute approximate surface area is 174 Å². The van der Waals surface area contributed by atoms with Crippen molar-refractivity contribution in [3.05, 3.63) is 65.7 Å². The maximum atomic E-state index is 12.5. The quantitative estimate of drug-likeness (QED) is 0.353. The summed E-state index contributed by atoms with van der Waals surface area (Å²) < 4.78 is 65.9. The molecule has 0 bridgehead atoms. The van der Waals surface area contributed by atoms with Crippen molar-refractivity contribution in [3.63, 3.8) is 0 Å². The molecule has 0 spiro atoms. The number of alkyl halides is 3. The molecule has 0 aromatic heterocycles. The van der Waals surface area contributed by atoms with Crippen molar-refractivity contribution in [3.8, 4) is 5.75 Å². The van der Waals surface area contributed by atoms with Crippen molar-refractivity contribution >= 4 is 15.8 Å². The van der Waals surface area contributed by atoms with Gasteiger partial charge in [0.15, 0.2) is 15.8 Å². The highest BCUT2D eigenvalue weighted by Gasteiger charge is 2.31. The fraction of sp³-hybridized carbons (Fsp3) is 0.350. The third kappa shape index (κ3) is 8.73. The fourth-order valence-corrected chi connectivity index (χ4v) is 4.10. The van der Waals surface area contributed by atoms with Gasteiger partial charge >= 0.3 is 6.36 Å². The third-order valence-corrected chi connectivity index (χ3v) is 5.71. The Morgan fingerprint density at radius 1 is 1.03 bits per heavy atom. The maximum absolute atomic E-state index is 12.5. The van der Waals surface area contributed by atoms with Crippen LogP contribution in [0.5, 0.6) is 5.75 Å². The number of nitrogens with one attached hydrogen (secondary N) is 2. The molecule has 0 saturated carbocycles. The minimum atomic E-state index is -4.78. The number of aliphatic imine (C=N–C) groups is 1. The predicted octanol–water partition coefficient (Wildman–Crippen LogP) is 3.26. The summed E-state index contributed by atoms with van der Waals surface area (Å²) in [5.41, 5.74) is 1.05. The number of guanidine groups is 1. The van der Waals surface area contributed by atoms with E-state index < -0.39 is 16.2 Å². The number of rotatable bonds is 9. The lowest BCUT2D eigenvalue weighted by Gasteiger charge is -2.15. The molecule has 164 valence electrons. The van der Waals surface area contributed by atoms with Crippen LogP contribution in [0.3, 0.4) is 0 Å². The Hall–Kier alpha value is -2.75. The van der Waals surface area contributed by atoms with Crippen molar-refractivity contribution in [1.82, 2.24) is 10.6 Å². The van der Waals surface area contributed by atoms with Gasteiger partial charge < -0.3 is 15.4 Å². The summed E-state index contributed by atoms with van der Waals surface area (Å²) >= 11 is 0. The molecule has 10 heteroatoms. The minimum absolute atomic E-state index is 0.00808. The van der Waals surface area contributed by atoms with Crippen molar-refractivity contribution in [2.45, 2.75) is 25.1 Å². The number of sulfone groups is 1. The largest absolute Gasteiger partial charge is 0.573 e. The average Bonchev–Trinajstić information content (AvgIpc) is 2.68. The minimum Gasteiger partial charge on any atom is -0.405 e. The lowest BCUT2D eigenvalue weighted by molar-refractivity contribution is -0.274. The van der Waals surface area contributed by atoms with Crippen molar-refractivity contribution in [2.75, 3.05) is 19.3 Å². The number of hydrogen-bond acceptors (Lipinski definition) is 4. The topological polar surface area (TPSA) is 79.8 Å². The molecule has 0 aliphatic rings. The number of halogens is 3. The highest BCUT2D eigenvalue weighted by Crippen LogP contribution is 2.26. The van der Waals surface area contributed by atoms with Crippen LogP contribution in [0.15, 0.2) is 59.6 Å². The lowest BCUT2D eigenvalue weighted by Crippen LogP contribution is -2.38. The standard InChI is InChI=1S/C20H24F3N3O3S/c1-24-19(26-14-17-10-5-6-11-18(17)29-20(21,22)23)25-12-7-13-30(27,28)15-16-8-3-2-4-9-16/h2-6,8-11H,7,12-15H2,1H3,(H2,24,25,26). The van der Waals surface area contributed by atoms with Crippen LogP contribution in [0.25, 0.3) is 0 Å². The van der Waals surface area contributed by atoms with E-state index in [1.165, 1.54) is 25.2 Å². The summed E-state index contributed by atoms with van der Waals surface area (Å²) in [4.78, 5) is 3.99. The smallest absolute Gasteiger partial charge is 0.405 e. The van der Waals surface area contributed by atoms with Crippen LogP contribution in [0.4, 0.5) is 13.2 Å². The number of hydrogen-bond donors (Lipinski definition) is 2. The third-order valence-electron chi connectivity index (χ3n) is 4.02. The second-order valence-corrected chi connectivity index (χ2v) is 8.62. The van der Waals surface area contributed by atoms with Crippen LogP contribution < -0.4 is 15.4 Å². The second-order valence-electron chi connectivity index (χ2n) is 6.44. The molecule has 0 atom stereocenters. The van der Waals surface area contributed by atoms with Gasteiger partial charge in [-0.1, -0.05) is 48.5 Å². The molecule has 0 heterocycles. The van der Waals surface area contributed by atoms with Gasteiger partial charge in [0.25, 0.3) is 0 Å². The van der Waals surface area contributed by atoms with Gasteiger partial charge in [-0.05, 0) is 18.1 Å². The highest BCUT2D eigenvalue weighted by atomic mass is 32.2. The molecule has 2 aromatic rings. The van der Waals surface area contributed by atoms with E-state index in [2.05, 4.69) is 20.4 Å². The zero-order valence-corrected chi connectivity index (χ0v) is 17.3. The van der Waals surface area contributed by atoms with E-state index in [0.717, 1.165) is 5.56 Å². The maximum Gasteiger partial charge on any atom is 0.573 e. The number of nitrogens with zero attached hydrogens (tertiary/aromatic N) is 1. The molecule has 2 rings (SSSR count). The number of ether oxygens (including phenoxy) is 1. The summed E-state index contributed by atoms with van der Waals surface area (Å²) in [7, 11) is -1.73. The van der Waals surface area contributed by atoms with E-state index in [-0.39, 0.29) is 23.8 Å². The molecule has 30 heavy (non-hydrogen) atoms. The predicted molar refractivity (Wildman–Crippen MR) is 110 cm³/mol. The summed E-state index contributed by atoms with van der Waals surface area (Å²) in [6.45, 7) is 0.395. The first-order valence-corrected chi connectivity index (χ1v) is 11.0. The van der Waals surface area contributed by atoms with Gasteiger partial charge in [0.1, 0.15) is 5.75 Å². The first-order chi connectivity index (χ1) is 14.2. The SMILES string of the molecule is CN=C(NCCCS(=O)(=O)Cc1ccccc1)NCc1ccccc1OC(F)(F)F. The van der Waals surface area contributed by atoms with E-state index >= 15 is 0 Å². The first-order valence-electron chi connectivity index (χ1n) is 9.21. The molecule has 0 saturated heterocycles. The van der Waals surface area contributed by atoms with Gasteiger partial charge in [-0.3, -0.25) is 4.99 Å². The van der Waals surface area contributed by atoms with Crippen LogP contribution in [0, 0.1) is 0 Å². The normalized spacial score (nSPS) is 12.5. The van der Waals surface area contributed by atoms with E-state index in [1.54, 1.807) is 30.3 Å². The Morgan fingerprint density at radius 2 is 1.70 bits per heavy atom. The molecule has 6 nitrogen and oxygen atoms in total. The molecule has 0 fully saturated rings. The number of para-hydroxylation sites is 1. The molecular weight excluding hydrogens is 419 g/mol. The summed E-state index contributed by atoms with van der Waals surface area (Å²) in [5.74, 6) is 0.0440. The van der Waals surface area contributed by atoms with Gasteiger partial charge in [-0.15, -0.1) is 13.2 Å². The van der Waals surface area contributed by atoms with Crippen LogP contribution in [-0.2, 0) is 22.1 Å². The summed E-state index contributed by atoms with van der Waals surface area (Å²) in [6.07, 6.45) is -4.41. The molecule has 0 amide bonds. The molecule has 0 radical (unpaired) electrons. The van der Waals surface area contributed by atoms with Gasteiger partial charge in [0.05, 0.1) is 11.5 Å². The highest BCUT2D eigenvalue weighted by molar-refractivity contribution is 7.90. The Morgan fingerprint density at radius 3 is 2.37 bits per heavy atom. The number of benzene rings is 2. The van der Waals surface area contributed by atoms with Gasteiger partial charge in [0, 0.05) is 25.7 Å². The summed E-state index contributed by atoms with van der Waals surface area (Å²) in [5, 5.41) is 5.85. The van der Waals surface area contributed by atoms with Crippen LogP contribution in [0.2, 0.25) is 0 Å². The Kier molecular flexibility index (Phi) is 8.52. The van der Waals surface area contributed by atoms with E-state index in [9.17, 15) is 21.6 Å². The molecule has 2 N–H and O–H groups in total. The van der Waals surface area contributed by atoms with E-state index in [0.29, 0.717) is 24.5 Å². The molecule has 0 unspecified atom stereocenters. The van der Waals surface area contributed by atoms with Gasteiger partial charge in [0.2, 0.25) is 0 Å². The van der Waals surface area contributed by atoms with Gasteiger partial charge in [-0.2, -0.15) is 0 Å². The monoisotopic (exact) mass is 443 g/mol. The molecule has 0 aliphatic heterocycles. The lowest BCUT2D eigenvalue weighted by atomic mass is 10.2. The molecule has 2 aromatic carbocycles. The first kappa shape index (κ1) is 23.5. The van der Waals surface area contributed by atoms with Crippen molar-refractivity contribution < 1.29 is 26.3 Å². The van der Waals surface area contributed by atoms with Crippen molar-refractivity contribution in [1.29, 1.82) is 0 Å². The fourth-order valence-electron chi connectivity index (χ4n) is 2.67. The van der Waals surface area contributed by atoms with Crippen LogP contribution in [0.1, 0.15) is 17.5 Å². The Balaban J connectivity index is 1.79. The second kappa shape index (κ2) is 10.9. The van der Waals surface area contributed by atoms with Gasteiger partial charge in [-0.25, -0.2) is 8.42 Å². The zero-order chi connectivity index (χ0) is 22.0. The average molecular weight is 443 g/mol. The Bertz CT molecular complexity index is 933. The molecule has 0 aliphatic carbocycles. The van der Waals surface area contributed by atoms with Crippen LogP contribution >= 0.6 is 0 Å². The van der Waals surface area contributed by atoms with E-state index in [4.69, 9.17) is 0 Å².